The van der Waals surface area contributed by atoms with Gasteiger partial charge in [0, 0.05) is 42.2 Å². The van der Waals surface area contributed by atoms with E-state index < -0.39 is 11.2 Å². The summed E-state index contributed by atoms with van der Waals surface area (Å²) >= 11 is -1.24. The van der Waals surface area contributed by atoms with Gasteiger partial charge in [-0.25, -0.2) is 14.4 Å². The maximum absolute atomic E-state index is 14.1. The lowest BCUT2D eigenvalue weighted by atomic mass is 10.1. The number of fused-ring (bicyclic) bond motifs is 1. The van der Waals surface area contributed by atoms with Gasteiger partial charge in [-0.2, -0.15) is 0 Å². The number of nitrogens with zero attached hydrogens (tertiary/aromatic N) is 4. The Morgan fingerprint density at radius 1 is 1.06 bits per heavy atom. The summed E-state index contributed by atoms with van der Waals surface area (Å²) in [6, 6.07) is 11.9. The third-order valence-electron chi connectivity index (χ3n) is 6.01. The van der Waals surface area contributed by atoms with Gasteiger partial charge in [0.15, 0.2) is 4.90 Å². The summed E-state index contributed by atoms with van der Waals surface area (Å²) in [7, 11) is 0. The number of piperidine rings is 1. The van der Waals surface area contributed by atoms with Crippen LogP contribution < -0.4 is 0 Å². The molecule has 1 atom stereocenters. The minimum Gasteiger partial charge on any atom is -0.612 e. The molecule has 1 amide bonds. The fourth-order valence-electron chi connectivity index (χ4n) is 4.28. The van der Waals surface area contributed by atoms with Crippen molar-refractivity contribution in [1.29, 1.82) is 0 Å². The van der Waals surface area contributed by atoms with E-state index in [0.29, 0.717) is 33.1 Å². The van der Waals surface area contributed by atoms with Crippen LogP contribution in [-0.4, -0.2) is 49.2 Å². The number of benzene rings is 2. The number of hydrogen-bond donors (Lipinski definition) is 0. The zero-order valence-corrected chi connectivity index (χ0v) is 19.0. The number of aromatic nitrogens is 3. The van der Waals surface area contributed by atoms with E-state index >= 15 is 0 Å². The van der Waals surface area contributed by atoms with E-state index in [-0.39, 0.29) is 11.7 Å². The van der Waals surface area contributed by atoms with Crippen molar-refractivity contribution in [2.45, 2.75) is 24.2 Å². The topological polar surface area (TPSA) is 74.1 Å². The summed E-state index contributed by atoms with van der Waals surface area (Å²) in [6.07, 6.45) is 9.69. The van der Waals surface area contributed by atoms with Crippen LogP contribution >= 0.6 is 0 Å². The van der Waals surface area contributed by atoms with Crippen molar-refractivity contribution in [3.05, 3.63) is 72.4 Å². The predicted molar refractivity (Wildman–Crippen MR) is 126 cm³/mol. The van der Waals surface area contributed by atoms with Crippen molar-refractivity contribution >= 4 is 28.0 Å². The maximum Gasteiger partial charge on any atom is 0.253 e. The SMILES string of the molecule is C[S+]([O-])c1cn(-c2ncc(-c3ccccc3F)cn2)c2cc(C(=O)N3CCCCC3)ccc12. The quantitative estimate of drug-likeness (QED) is 0.416. The first-order valence-corrected chi connectivity index (χ1v) is 12.4. The Morgan fingerprint density at radius 3 is 2.48 bits per heavy atom. The van der Waals surface area contributed by atoms with Crippen molar-refractivity contribution in [2.24, 2.45) is 0 Å². The Balaban J connectivity index is 1.56. The van der Waals surface area contributed by atoms with E-state index in [0.717, 1.165) is 37.7 Å². The average molecular weight is 463 g/mol. The van der Waals surface area contributed by atoms with Crippen LogP contribution in [0.2, 0.25) is 0 Å². The molecule has 5 rings (SSSR count). The van der Waals surface area contributed by atoms with Gasteiger partial charge in [-0.15, -0.1) is 0 Å². The minimum atomic E-state index is -1.24. The highest BCUT2D eigenvalue weighted by atomic mass is 32.2. The molecule has 1 aliphatic heterocycles. The minimum absolute atomic E-state index is 0.000611. The first-order valence-electron chi connectivity index (χ1n) is 10.9. The van der Waals surface area contributed by atoms with E-state index in [1.807, 2.05) is 17.0 Å². The Labute approximate surface area is 194 Å². The standard InChI is InChI=1S/C25H23FN4O2S/c1-33(32)23-16-30(25-27-14-18(15-28-25)19-7-3-4-8-21(19)26)22-13-17(9-10-20(22)23)24(31)29-11-5-2-6-12-29/h3-4,7-10,13-16H,2,5-6,11-12H2,1H3. The second-order valence-electron chi connectivity index (χ2n) is 8.15. The fraction of sp³-hybridized carbons (Fsp3) is 0.240. The van der Waals surface area contributed by atoms with Crippen molar-refractivity contribution < 1.29 is 13.7 Å². The molecule has 0 aliphatic carbocycles. The number of rotatable bonds is 4. The van der Waals surface area contributed by atoms with Crippen LogP contribution in [0.5, 0.6) is 0 Å². The summed E-state index contributed by atoms with van der Waals surface area (Å²) in [4.78, 5) is 24.5. The molecule has 6 nitrogen and oxygen atoms in total. The molecule has 1 unspecified atom stereocenters. The molecule has 1 saturated heterocycles. The fourth-order valence-corrected chi connectivity index (χ4v) is 5.02. The second-order valence-corrected chi connectivity index (χ2v) is 9.50. The Bertz CT molecular complexity index is 1310. The van der Waals surface area contributed by atoms with Crippen LogP contribution in [0.25, 0.3) is 28.0 Å². The van der Waals surface area contributed by atoms with E-state index in [4.69, 9.17) is 0 Å². The number of likely N-dealkylation sites (tertiary alicyclic amines) is 1. The zero-order chi connectivity index (χ0) is 22.9. The molecular formula is C25H23FN4O2S. The molecule has 8 heteroatoms. The number of hydrogen-bond acceptors (Lipinski definition) is 4. The summed E-state index contributed by atoms with van der Waals surface area (Å²) in [5, 5.41) is 0.785. The van der Waals surface area contributed by atoms with Gasteiger partial charge < -0.3 is 9.45 Å². The lowest BCUT2D eigenvalue weighted by Crippen LogP contribution is -2.35. The molecule has 2 aromatic heterocycles. The lowest BCUT2D eigenvalue weighted by Gasteiger charge is -2.26. The summed E-state index contributed by atoms with van der Waals surface area (Å²) in [6.45, 7) is 1.53. The molecule has 168 valence electrons. The van der Waals surface area contributed by atoms with Crippen LogP contribution in [0.3, 0.4) is 0 Å². The van der Waals surface area contributed by atoms with Gasteiger partial charge in [-0.1, -0.05) is 18.2 Å². The average Bonchev–Trinajstić information content (AvgIpc) is 3.24. The van der Waals surface area contributed by atoms with Crippen molar-refractivity contribution in [3.63, 3.8) is 0 Å². The second kappa shape index (κ2) is 8.96. The van der Waals surface area contributed by atoms with Crippen molar-refractivity contribution in [2.75, 3.05) is 19.3 Å². The van der Waals surface area contributed by atoms with Crippen LogP contribution in [-0.2, 0) is 11.2 Å². The molecule has 33 heavy (non-hydrogen) atoms. The highest BCUT2D eigenvalue weighted by Gasteiger charge is 2.22. The highest BCUT2D eigenvalue weighted by molar-refractivity contribution is 7.91. The van der Waals surface area contributed by atoms with E-state index in [2.05, 4.69) is 9.97 Å². The van der Waals surface area contributed by atoms with Gasteiger partial charge >= 0.3 is 0 Å². The number of halogens is 1. The number of carbonyl (C=O) groups excluding carboxylic acids is 1. The Kier molecular flexibility index (Phi) is 5.86. The molecule has 3 heterocycles. The maximum atomic E-state index is 14.1. The molecule has 4 aromatic rings. The summed E-state index contributed by atoms with van der Waals surface area (Å²) in [5.74, 6) is 0.0171. The highest BCUT2D eigenvalue weighted by Crippen LogP contribution is 2.29. The number of carbonyl (C=O) groups is 1. The molecule has 0 saturated carbocycles. The molecule has 0 bridgehead atoms. The van der Waals surface area contributed by atoms with Gasteiger partial charge in [0.2, 0.25) is 5.95 Å². The van der Waals surface area contributed by atoms with Crippen LogP contribution in [0, 0.1) is 5.82 Å². The molecule has 0 spiro atoms. The van der Waals surface area contributed by atoms with Crippen molar-refractivity contribution in [3.8, 4) is 17.1 Å². The zero-order valence-electron chi connectivity index (χ0n) is 18.2. The van der Waals surface area contributed by atoms with Gasteiger partial charge in [-0.3, -0.25) is 9.36 Å². The summed E-state index contributed by atoms with van der Waals surface area (Å²) in [5.41, 5.74) is 2.28. The third kappa shape index (κ3) is 4.12. The van der Waals surface area contributed by atoms with Crippen LogP contribution in [0.15, 0.2) is 66.0 Å². The first-order chi connectivity index (χ1) is 16.0. The molecule has 1 aliphatic rings. The van der Waals surface area contributed by atoms with E-state index in [1.165, 1.54) is 6.07 Å². The predicted octanol–water partition coefficient (Wildman–Crippen LogP) is 4.59. The molecule has 1 fully saturated rings. The number of amides is 1. The van der Waals surface area contributed by atoms with E-state index in [9.17, 15) is 13.7 Å². The van der Waals surface area contributed by atoms with E-state index in [1.54, 1.807) is 53.7 Å². The largest absolute Gasteiger partial charge is 0.612 e. The van der Waals surface area contributed by atoms with Crippen LogP contribution in [0.4, 0.5) is 4.39 Å². The summed E-state index contributed by atoms with van der Waals surface area (Å²) < 4.78 is 28.3. The van der Waals surface area contributed by atoms with Gasteiger partial charge in [0.1, 0.15) is 12.1 Å². The molecular weight excluding hydrogens is 439 g/mol. The van der Waals surface area contributed by atoms with Gasteiger partial charge in [-0.05, 0) is 54.7 Å². The van der Waals surface area contributed by atoms with Gasteiger partial charge in [0.05, 0.1) is 17.1 Å². The van der Waals surface area contributed by atoms with Gasteiger partial charge in [0.25, 0.3) is 5.91 Å². The molecule has 0 N–H and O–H groups in total. The Hall–Kier alpha value is -3.23. The third-order valence-corrected chi connectivity index (χ3v) is 6.95. The Morgan fingerprint density at radius 2 is 1.79 bits per heavy atom. The first kappa shape index (κ1) is 21.6. The molecule has 0 radical (unpaired) electrons. The normalized spacial score (nSPS) is 15.1. The van der Waals surface area contributed by atoms with Crippen LogP contribution in [0.1, 0.15) is 29.6 Å². The van der Waals surface area contributed by atoms with Crippen molar-refractivity contribution in [1.82, 2.24) is 19.4 Å². The smallest absolute Gasteiger partial charge is 0.253 e. The molecule has 2 aromatic carbocycles. The lowest BCUT2D eigenvalue weighted by molar-refractivity contribution is 0.0724. The monoisotopic (exact) mass is 462 g/mol.